The van der Waals surface area contributed by atoms with Gasteiger partial charge in [0, 0.05) is 24.4 Å². The van der Waals surface area contributed by atoms with Crippen molar-refractivity contribution in [1.82, 2.24) is 14.5 Å². The molecule has 1 fully saturated rings. The lowest BCUT2D eigenvalue weighted by atomic mass is 9.92. The van der Waals surface area contributed by atoms with Crippen LogP contribution in [0.1, 0.15) is 29.7 Å². The van der Waals surface area contributed by atoms with Crippen LogP contribution in [0.5, 0.6) is 11.5 Å². The van der Waals surface area contributed by atoms with Crippen LogP contribution in [-0.2, 0) is 10.4 Å². The molecule has 6 rings (SSSR count). The molecule has 3 aliphatic rings. The summed E-state index contributed by atoms with van der Waals surface area (Å²) in [7, 11) is 1.67. The van der Waals surface area contributed by atoms with E-state index in [4.69, 9.17) is 14.3 Å². The zero-order chi connectivity index (χ0) is 23.3. The number of piperidine rings is 1. The van der Waals surface area contributed by atoms with Crippen LogP contribution in [0.15, 0.2) is 59.7 Å². The van der Waals surface area contributed by atoms with Gasteiger partial charge in [-0.3, -0.25) is 0 Å². The minimum atomic E-state index is -0.706. The molecule has 1 aromatic heterocycles. The van der Waals surface area contributed by atoms with Gasteiger partial charge in [0.15, 0.2) is 5.84 Å². The molecule has 0 N–H and O–H groups in total. The Labute approximate surface area is 197 Å². The normalized spacial score (nSPS) is 22.1. The lowest BCUT2D eigenvalue weighted by molar-refractivity contribution is -0.0876. The smallest absolute Gasteiger partial charge is 0.217 e. The molecule has 1 atom stereocenters. The van der Waals surface area contributed by atoms with Crippen LogP contribution < -0.4 is 9.47 Å². The van der Waals surface area contributed by atoms with Crippen molar-refractivity contribution in [3.63, 3.8) is 0 Å². The highest BCUT2D eigenvalue weighted by Crippen LogP contribution is 2.43. The minimum absolute atomic E-state index is 0.316. The maximum Gasteiger partial charge on any atom is 0.217 e. The molecule has 0 radical (unpaired) electrons. The number of aromatic nitrogens is 2. The van der Waals surface area contributed by atoms with Gasteiger partial charge in [-0.25, -0.2) is 9.37 Å². The average Bonchev–Trinajstić information content (AvgIpc) is 3.42. The number of halogens is 1. The molecular weight excluding hydrogens is 435 g/mol. The summed E-state index contributed by atoms with van der Waals surface area (Å²) >= 11 is 0. The monoisotopic (exact) mass is 460 g/mol. The molecule has 0 amide bonds. The number of nitrogens with zero attached hydrogens (tertiary/aromatic N) is 4. The molecule has 174 valence electrons. The van der Waals surface area contributed by atoms with Crippen LogP contribution in [0.2, 0.25) is 0 Å². The maximum atomic E-state index is 13.6. The van der Waals surface area contributed by atoms with E-state index in [0.717, 1.165) is 59.1 Å². The maximum absolute atomic E-state index is 13.6. The number of oxime groups is 1. The molecule has 0 aliphatic carbocycles. The molecular formula is C26H25FN4O3. The summed E-state index contributed by atoms with van der Waals surface area (Å²) in [6.07, 6.45) is 7.83. The zero-order valence-electron chi connectivity index (χ0n) is 19.1. The first kappa shape index (κ1) is 20.8. The molecule has 7 nitrogen and oxygen atoms in total. The molecule has 1 unspecified atom stereocenters. The van der Waals surface area contributed by atoms with Gasteiger partial charge in [-0.05, 0) is 61.2 Å². The molecule has 1 spiro atoms. The summed E-state index contributed by atoms with van der Waals surface area (Å²) < 4.78 is 27.0. The van der Waals surface area contributed by atoms with Gasteiger partial charge in [-0.1, -0.05) is 11.2 Å². The molecule has 0 saturated carbocycles. The largest absolute Gasteiger partial charge is 0.495 e. The second-order valence-corrected chi connectivity index (χ2v) is 8.98. The predicted octanol–water partition coefficient (Wildman–Crippen LogP) is 4.44. The molecule has 8 heteroatoms. The van der Waals surface area contributed by atoms with Crippen molar-refractivity contribution in [2.24, 2.45) is 5.16 Å². The topological polar surface area (TPSA) is 61.1 Å². The van der Waals surface area contributed by atoms with Crippen molar-refractivity contribution in [2.45, 2.75) is 25.4 Å². The number of hydrogen-bond acceptors (Lipinski definition) is 6. The number of benzene rings is 2. The summed E-state index contributed by atoms with van der Waals surface area (Å²) in [6.45, 7) is 3.79. The van der Waals surface area contributed by atoms with E-state index in [2.05, 4.69) is 27.2 Å². The number of rotatable bonds is 3. The second kappa shape index (κ2) is 7.90. The number of amidine groups is 1. The highest BCUT2D eigenvalue weighted by molar-refractivity contribution is 6.02. The van der Waals surface area contributed by atoms with E-state index in [1.165, 1.54) is 12.1 Å². The zero-order valence-corrected chi connectivity index (χ0v) is 19.1. The van der Waals surface area contributed by atoms with Crippen LogP contribution in [0.3, 0.4) is 0 Å². The highest BCUT2D eigenvalue weighted by Gasteiger charge is 2.49. The molecule has 2 aromatic carbocycles. The summed E-state index contributed by atoms with van der Waals surface area (Å²) in [5, 5.41) is 4.55. The van der Waals surface area contributed by atoms with Gasteiger partial charge in [0.1, 0.15) is 23.9 Å². The Bertz CT molecular complexity index is 1330. The van der Waals surface area contributed by atoms with E-state index in [0.29, 0.717) is 18.9 Å². The van der Waals surface area contributed by atoms with E-state index in [1.54, 1.807) is 19.5 Å². The highest BCUT2D eigenvalue weighted by atomic mass is 19.1. The fourth-order valence-electron chi connectivity index (χ4n) is 4.98. The van der Waals surface area contributed by atoms with Crippen LogP contribution in [0, 0.1) is 12.7 Å². The number of fused-ring (bicyclic) bond motifs is 3. The molecule has 3 aliphatic heterocycles. The lowest BCUT2D eigenvalue weighted by Gasteiger charge is -2.41. The Kier molecular flexibility index (Phi) is 4.83. The summed E-state index contributed by atoms with van der Waals surface area (Å²) in [6, 6.07) is 10.7. The van der Waals surface area contributed by atoms with Gasteiger partial charge >= 0.3 is 0 Å². The number of aryl methyl sites for hydroxylation is 1. The van der Waals surface area contributed by atoms with E-state index in [1.807, 2.05) is 29.8 Å². The van der Waals surface area contributed by atoms with Crippen molar-refractivity contribution in [3.8, 4) is 17.2 Å². The van der Waals surface area contributed by atoms with E-state index >= 15 is 0 Å². The van der Waals surface area contributed by atoms with Crippen molar-refractivity contribution in [2.75, 3.05) is 26.8 Å². The quantitative estimate of drug-likeness (QED) is 0.578. The van der Waals surface area contributed by atoms with E-state index < -0.39 is 5.60 Å². The standard InChI is InChI=1S/C26H25FN4O3/c1-17-13-31(16-28-17)22-8-5-18(11-24(22)32-2)10-19-4-3-9-30-14-26(34-29-25(19)30)15-33-23-12-20(27)6-7-21(23)26/h5-8,10-13,16H,3-4,9,14-15H2,1-2H3/b19-10+. The number of imidazole rings is 1. The first-order chi connectivity index (χ1) is 16.5. The first-order valence-corrected chi connectivity index (χ1v) is 11.4. The number of methoxy groups -OCH3 is 1. The third-order valence-electron chi connectivity index (χ3n) is 6.64. The summed E-state index contributed by atoms with van der Waals surface area (Å²) in [5.41, 5.74) is 4.18. The van der Waals surface area contributed by atoms with Gasteiger partial charge in [-0.2, -0.15) is 0 Å². The Morgan fingerprint density at radius 1 is 1.21 bits per heavy atom. The summed E-state index contributed by atoms with van der Waals surface area (Å²) in [4.78, 5) is 12.6. The van der Waals surface area contributed by atoms with Gasteiger partial charge in [0.05, 0.1) is 31.4 Å². The van der Waals surface area contributed by atoms with Crippen LogP contribution >= 0.6 is 0 Å². The van der Waals surface area contributed by atoms with Crippen molar-refractivity contribution in [1.29, 1.82) is 0 Å². The Balaban J connectivity index is 1.31. The van der Waals surface area contributed by atoms with E-state index in [-0.39, 0.29) is 5.82 Å². The van der Waals surface area contributed by atoms with Crippen molar-refractivity contribution >= 4 is 11.9 Å². The van der Waals surface area contributed by atoms with Gasteiger partial charge in [-0.15, -0.1) is 0 Å². The molecule has 34 heavy (non-hydrogen) atoms. The van der Waals surface area contributed by atoms with Crippen molar-refractivity contribution < 1.29 is 18.7 Å². The van der Waals surface area contributed by atoms with Gasteiger partial charge < -0.3 is 23.8 Å². The first-order valence-electron chi connectivity index (χ1n) is 11.4. The van der Waals surface area contributed by atoms with Crippen LogP contribution in [0.4, 0.5) is 4.39 Å². The molecule has 4 heterocycles. The van der Waals surface area contributed by atoms with Crippen LogP contribution in [-0.4, -0.2) is 47.1 Å². The minimum Gasteiger partial charge on any atom is -0.495 e. The van der Waals surface area contributed by atoms with Crippen LogP contribution in [0.25, 0.3) is 11.8 Å². The number of ether oxygens (including phenoxy) is 2. The Morgan fingerprint density at radius 3 is 2.94 bits per heavy atom. The molecule has 1 saturated heterocycles. The van der Waals surface area contributed by atoms with E-state index in [9.17, 15) is 4.39 Å². The van der Waals surface area contributed by atoms with Gasteiger partial charge in [0.25, 0.3) is 0 Å². The Morgan fingerprint density at radius 2 is 2.12 bits per heavy atom. The second-order valence-electron chi connectivity index (χ2n) is 8.98. The number of hydrogen-bond donors (Lipinski definition) is 0. The lowest BCUT2D eigenvalue weighted by Crippen LogP contribution is -2.52. The van der Waals surface area contributed by atoms with Gasteiger partial charge in [0.2, 0.25) is 5.60 Å². The fourth-order valence-corrected chi connectivity index (χ4v) is 4.98. The third kappa shape index (κ3) is 3.41. The molecule has 3 aromatic rings. The predicted molar refractivity (Wildman–Crippen MR) is 126 cm³/mol. The third-order valence-corrected chi connectivity index (χ3v) is 6.64. The average molecular weight is 461 g/mol. The molecule has 0 bridgehead atoms. The van der Waals surface area contributed by atoms with Crippen molar-refractivity contribution in [3.05, 3.63) is 77.1 Å². The SMILES string of the molecule is COc1cc(/C=C2\CCCN3CC4(COc5cc(F)ccc54)ON=C23)ccc1-n1cnc(C)c1. The Hall–Kier alpha value is -3.81. The fraction of sp³-hybridized carbons (Fsp3) is 0.308. The summed E-state index contributed by atoms with van der Waals surface area (Å²) in [5.74, 6) is 1.84.